The van der Waals surface area contributed by atoms with E-state index in [9.17, 15) is 9.90 Å². The van der Waals surface area contributed by atoms with Crippen LogP contribution in [0.4, 0.5) is 0 Å². The third-order valence-electron chi connectivity index (χ3n) is 4.09. The van der Waals surface area contributed by atoms with Crippen molar-refractivity contribution in [3.05, 3.63) is 35.4 Å². The van der Waals surface area contributed by atoms with Gasteiger partial charge in [-0.1, -0.05) is 50.1 Å². The monoisotopic (exact) mass is 328 g/mol. The van der Waals surface area contributed by atoms with Gasteiger partial charge in [0.2, 0.25) is 5.91 Å². The standard InChI is InChI=1S/C17H28N2O2.ClH/c1-5-13(4)16(18)17(21)19(6-2)11-15(20)14-9-7-12(3)8-10-14;/h7-10,13,15-16,20H,5-6,11,18H2,1-4H3;1H. The van der Waals surface area contributed by atoms with E-state index in [1.807, 2.05) is 52.0 Å². The molecule has 0 saturated heterocycles. The molecule has 0 bridgehead atoms. The van der Waals surface area contributed by atoms with Crippen molar-refractivity contribution in [1.29, 1.82) is 0 Å². The summed E-state index contributed by atoms with van der Waals surface area (Å²) in [6.45, 7) is 8.74. The predicted octanol–water partition coefficient (Wildman–Crippen LogP) is 2.67. The molecular weight excluding hydrogens is 300 g/mol. The van der Waals surface area contributed by atoms with Crippen molar-refractivity contribution in [3.8, 4) is 0 Å². The smallest absolute Gasteiger partial charge is 0.239 e. The average molecular weight is 329 g/mol. The average Bonchev–Trinajstić information content (AvgIpc) is 2.50. The molecule has 0 spiro atoms. The highest BCUT2D eigenvalue weighted by Gasteiger charge is 2.25. The predicted molar refractivity (Wildman–Crippen MR) is 93.1 cm³/mol. The van der Waals surface area contributed by atoms with Gasteiger partial charge in [-0.15, -0.1) is 12.4 Å². The van der Waals surface area contributed by atoms with E-state index in [-0.39, 0.29) is 30.8 Å². The Hall–Kier alpha value is -1.10. The molecule has 0 aliphatic rings. The highest BCUT2D eigenvalue weighted by molar-refractivity contribution is 5.85. The molecule has 1 aromatic rings. The van der Waals surface area contributed by atoms with E-state index in [1.54, 1.807) is 4.90 Å². The lowest BCUT2D eigenvalue weighted by Gasteiger charge is -2.29. The van der Waals surface area contributed by atoms with Crippen LogP contribution < -0.4 is 5.73 Å². The molecule has 5 heteroatoms. The molecule has 126 valence electrons. The van der Waals surface area contributed by atoms with Gasteiger partial charge >= 0.3 is 0 Å². The summed E-state index contributed by atoms with van der Waals surface area (Å²) in [5.74, 6) is 0.0566. The molecule has 0 aromatic heterocycles. The van der Waals surface area contributed by atoms with Crippen LogP contribution in [0.2, 0.25) is 0 Å². The summed E-state index contributed by atoms with van der Waals surface area (Å²) in [7, 11) is 0. The van der Waals surface area contributed by atoms with Crippen LogP contribution in [-0.2, 0) is 4.79 Å². The maximum Gasteiger partial charge on any atom is 0.239 e. The van der Waals surface area contributed by atoms with Crippen molar-refractivity contribution >= 4 is 18.3 Å². The highest BCUT2D eigenvalue weighted by atomic mass is 35.5. The van der Waals surface area contributed by atoms with Gasteiger partial charge in [0.15, 0.2) is 0 Å². The second-order valence-electron chi connectivity index (χ2n) is 5.71. The zero-order valence-electron chi connectivity index (χ0n) is 14.0. The summed E-state index contributed by atoms with van der Waals surface area (Å²) in [5.41, 5.74) is 7.98. The molecule has 0 aliphatic heterocycles. The molecular formula is C17H29ClN2O2. The van der Waals surface area contributed by atoms with Crippen LogP contribution in [0.25, 0.3) is 0 Å². The first-order valence-corrected chi connectivity index (χ1v) is 7.69. The molecule has 3 unspecified atom stereocenters. The second kappa shape index (κ2) is 9.82. The molecule has 0 fully saturated rings. The third kappa shape index (κ3) is 5.59. The number of halogens is 1. The van der Waals surface area contributed by atoms with Gasteiger partial charge in [-0.3, -0.25) is 4.79 Å². The van der Waals surface area contributed by atoms with Crippen LogP contribution in [0, 0.1) is 12.8 Å². The fraction of sp³-hybridized carbons (Fsp3) is 0.588. The van der Waals surface area contributed by atoms with Gasteiger partial charge < -0.3 is 15.7 Å². The first kappa shape index (κ1) is 20.9. The minimum Gasteiger partial charge on any atom is -0.387 e. The van der Waals surface area contributed by atoms with Crippen LogP contribution in [0.3, 0.4) is 0 Å². The number of carbonyl (C=O) groups excluding carboxylic acids is 1. The van der Waals surface area contributed by atoms with Crippen LogP contribution in [-0.4, -0.2) is 35.0 Å². The lowest BCUT2D eigenvalue weighted by atomic mass is 9.98. The lowest BCUT2D eigenvalue weighted by Crippen LogP contribution is -2.48. The van der Waals surface area contributed by atoms with E-state index in [4.69, 9.17) is 5.73 Å². The summed E-state index contributed by atoms with van der Waals surface area (Å²) >= 11 is 0. The van der Waals surface area contributed by atoms with Gasteiger partial charge in [0, 0.05) is 6.54 Å². The van der Waals surface area contributed by atoms with E-state index >= 15 is 0 Å². The van der Waals surface area contributed by atoms with Crippen molar-refractivity contribution in [2.75, 3.05) is 13.1 Å². The second-order valence-corrected chi connectivity index (χ2v) is 5.71. The number of benzene rings is 1. The Balaban J connectivity index is 0.00000441. The van der Waals surface area contributed by atoms with Gasteiger partial charge in [0.05, 0.1) is 18.7 Å². The van der Waals surface area contributed by atoms with Gasteiger partial charge in [-0.2, -0.15) is 0 Å². The van der Waals surface area contributed by atoms with Gasteiger partial charge in [-0.05, 0) is 25.3 Å². The maximum absolute atomic E-state index is 12.4. The van der Waals surface area contributed by atoms with Crippen LogP contribution in [0.15, 0.2) is 24.3 Å². The molecule has 1 rings (SSSR count). The molecule has 1 aromatic carbocycles. The lowest BCUT2D eigenvalue weighted by molar-refractivity contribution is -0.135. The third-order valence-corrected chi connectivity index (χ3v) is 4.09. The first-order chi connectivity index (χ1) is 9.90. The number of aliphatic hydroxyl groups is 1. The zero-order valence-corrected chi connectivity index (χ0v) is 14.8. The Bertz CT molecular complexity index is 450. The molecule has 22 heavy (non-hydrogen) atoms. The molecule has 0 radical (unpaired) electrons. The maximum atomic E-state index is 12.4. The van der Waals surface area contributed by atoms with Crippen molar-refractivity contribution in [2.45, 2.75) is 46.3 Å². The number of rotatable bonds is 7. The van der Waals surface area contributed by atoms with Crippen molar-refractivity contribution < 1.29 is 9.90 Å². The first-order valence-electron chi connectivity index (χ1n) is 7.69. The molecule has 3 atom stereocenters. The number of carbonyl (C=O) groups is 1. The summed E-state index contributed by atoms with van der Waals surface area (Å²) < 4.78 is 0. The molecule has 0 heterocycles. The number of aliphatic hydroxyl groups excluding tert-OH is 1. The number of nitrogens with zero attached hydrogens (tertiary/aromatic N) is 1. The summed E-state index contributed by atoms with van der Waals surface area (Å²) in [4.78, 5) is 14.0. The number of likely N-dealkylation sites (N-methyl/N-ethyl adjacent to an activating group) is 1. The Morgan fingerprint density at radius 2 is 1.82 bits per heavy atom. The number of hydrogen-bond donors (Lipinski definition) is 2. The summed E-state index contributed by atoms with van der Waals surface area (Å²) in [5, 5.41) is 10.3. The van der Waals surface area contributed by atoms with E-state index in [2.05, 4.69) is 0 Å². The van der Waals surface area contributed by atoms with Crippen molar-refractivity contribution in [2.24, 2.45) is 11.7 Å². The van der Waals surface area contributed by atoms with Gasteiger partial charge in [0.25, 0.3) is 0 Å². The molecule has 0 saturated carbocycles. The van der Waals surface area contributed by atoms with Crippen LogP contribution >= 0.6 is 12.4 Å². The van der Waals surface area contributed by atoms with E-state index in [1.165, 1.54) is 0 Å². The fourth-order valence-corrected chi connectivity index (χ4v) is 2.19. The van der Waals surface area contributed by atoms with Crippen LogP contribution in [0.5, 0.6) is 0 Å². The summed E-state index contributed by atoms with van der Waals surface area (Å²) in [6, 6.07) is 7.21. The largest absolute Gasteiger partial charge is 0.387 e. The quantitative estimate of drug-likeness (QED) is 0.808. The fourth-order valence-electron chi connectivity index (χ4n) is 2.19. The van der Waals surface area contributed by atoms with Crippen LogP contribution in [0.1, 0.15) is 44.4 Å². The SMILES string of the molecule is CCC(C)C(N)C(=O)N(CC)CC(O)c1ccc(C)cc1.Cl. The van der Waals surface area contributed by atoms with E-state index in [0.29, 0.717) is 6.54 Å². The summed E-state index contributed by atoms with van der Waals surface area (Å²) in [6.07, 6.45) is 0.184. The Kier molecular flexibility index (Phi) is 9.33. The number of nitrogens with two attached hydrogens (primary N) is 1. The Morgan fingerprint density at radius 3 is 2.27 bits per heavy atom. The Morgan fingerprint density at radius 1 is 1.27 bits per heavy atom. The number of aryl methyl sites for hydroxylation is 1. The number of amides is 1. The van der Waals surface area contributed by atoms with Crippen molar-refractivity contribution in [1.82, 2.24) is 4.90 Å². The number of hydrogen-bond acceptors (Lipinski definition) is 3. The van der Waals surface area contributed by atoms with E-state index < -0.39 is 12.1 Å². The molecule has 0 aliphatic carbocycles. The zero-order chi connectivity index (χ0) is 16.0. The minimum absolute atomic E-state index is 0. The normalized spacial score (nSPS) is 14.6. The Labute approximate surface area is 140 Å². The highest BCUT2D eigenvalue weighted by Crippen LogP contribution is 2.16. The van der Waals surface area contributed by atoms with E-state index in [0.717, 1.165) is 17.5 Å². The molecule has 3 N–H and O–H groups in total. The van der Waals surface area contributed by atoms with Gasteiger partial charge in [-0.25, -0.2) is 0 Å². The molecule has 1 amide bonds. The minimum atomic E-state index is -0.682. The molecule has 4 nitrogen and oxygen atoms in total. The van der Waals surface area contributed by atoms with Crippen molar-refractivity contribution in [3.63, 3.8) is 0 Å². The van der Waals surface area contributed by atoms with Gasteiger partial charge in [0.1, 0.15) is 0 Å². The topological polar surface area (TPSA) is 66.6 Å².